The molecule has 0 bridgehead atoms. The lowest BCUT2D eigenvalue weighted by Crippen LogP contribution is -2.39. The van der Waals surface area contributed by atoms with E-state index >= 15 is 0 Å². The van der Waals surface area contributed by atoms with Gasteiger partial charge in [0.1, 0.15) is 0 Å². The van der Waals surface area contributed by atoms with Gasteiger partial charge in [0.25, 0.3) is 0 Å². The third kappa shape index (κ3) is 3.56. The van der Waals surface area contributed by atoms with Gasteiger partial charge in [0.2, 0.25) is 0 Å². The summed E-state index contributed by atoms with van der Waals surface area (Å²) in [6.45, 7) is 7.90. The van der Waals surface area contributed by atoms with Crippen molar-refractivity contribution in [2.24, 2.45) is 0 Å². The number of hydrogen-bond donors (Lipinski definition) is 1. The maximum Gasteiger partial charge on any atom is 0.0386 e. The number of hydrogen-bond acceptors (Lipinski definition) is 3. The van der Waals surface area contributed by atoms with Crippen molar-refractivity contribution in [1.82, 2.24) is 10.2 Å². The van der Waals surface area contributed by atoms with E-state index in [9.17, 15) is 0 Å². The second-order valence-corrected chi connectivity index (χ2v) is 6.73. The molecule has 1 heterocycles. The summed E-state index contributed by atoms with van der Waals surface area (Å²) in [6, 6.07) is 6.50. The third-order valence-corrected chi connectivity index (χ3v) is 5.41. The molecule has 0 radical (unpaired) electrons. The zero-order chi connectivity index (χ0) is 13.1. The fourth-order valence-corrected chi connectivity index (χ4v) is 3.23. The van der Waals surface area contributed by atoms with Crippen LogP contribution in [-0.2, 0) is 6.42 Å². The molecule has 1 aromatic rings. The van der Waals surface area contributed by atoms with Crippen LogP contribution in [0.1, 0.15) is 49.4 Å². The Morgan fingerprint density at radius 1 is 1.39 bits per heavy atom. The first-order chi connectivity index (χ1) is 8.61. The average molecular weight is 266 g/mol. The second-order valence-electron chi connectivity index (χ2n) is 5.53. The van der Waals surface area contributed by atoms with Crippen molar-refractivity contribution in [3.05, 3.63) is 21.9 Å². The van der Waals surface area contributed by atoms with Gasteiger partial charge in [-0.1, -0.05) is 6.92 Å². The van der Waals surface area contributed by atoms with Gasteiger partial charge in [0.15, 0.2) is 0 Å². The number of likely N-dealkylation sites (N-methyl/N-ethyl adjacent to an activating group) is 1. The lowest BCUT2D eigenvalue weighted by atomic mass is 10.2. The van der Waals surface area contributed by atoms with E-state index in [4.69, 9.17) is 0 Å². The van der Waals surface area contributed by atoms with Crippen LogP contribution in [0.25, 0.3) is 0 Å². The van der Waals surface area contributed by atoms with E-state index in [1.165, 1.54) is 22.6 Å². The van der Waals surface area contributed by atoms with Gasteiger partial charge in [-0.05, 0) is 52.3 Å². The highest BCUT2D eigenvalue weighted by molar-refractivity contribution is 7.12. The second kappa shape index (κ2) is 6.18. The van der Waals surface area contributed by atoms with Crippen molar-refractivity contribution < 1.29 is 0 Å². The minimum Gasteiger partial charge on any atom is -0.308 e. The fraction of sp³-hybridized carbons (Fsp3) is 0.733. The Hall–Kier alpha value is -0.380. The lowest BCUT2D eigenvalue weighted by molar-refractivity contribution is 0.237. The van der Waals surface area contributed by atoms with E-state index in [1.54, 1.807) is 0 Å². The number of thiophene rings is 1. The van der Waals surface area contributed by atoms with E-state index < -0.39 is 0 Å². The van der Waals surface area contributed by atoms with Gasteiger partial charge in [-0.3, -0.25) is 4.90 Å². The molecular weight excluding hydrogens is 240 g/mol. The van der Waals surface area contributed by atoms with Crippen LogP contribution in [0.4, 0.5) is 0 Å². The Kier molecular flexibility index (Phi) is 4.82. The van der Waals surface area contributed by atoms with E-state index in [1.807, 2.05) is 11.3 Å². The van der Waals surface area contributed by atoms with Crippen molar-refractivity contribution in [2.75, 3.05) is 13.6 Å². The van der Waals surface area contributed by atoms with Gasteiger partial charge in [0, 0.05) is 34.4 Å². The van der Waals surface area contributed by atoms with Gasteiger partial charge >= 0.3 is 0 Å². The molecule has 1 N–H and O–H groups in total. The van der Waals surface area contributed by atoms with Gasteiger partial charge in [-0.2, -0.15) is 0 Å². The van der Waals surface area contributed by atoms with E-state index in [0.29, 0.717) is 12.1 Å². The zero-order valence-electron chi connectivity index (χ0n) is 12.1. The Labute approximate surface area is 115 Å². The zero-order valence-corrected chi connectivity index (χ0v) is 12.9. The molecule has 1 saturated carbocycles. The van der Waals surface area contributed by atoms with Crippen molar-refractivity contribution in [3.63, 3.8) is 0 Å². The van der Waals surface area contributed by atoms with Crippen LogP contribution < -0.4 is 5.32 Å². The molecule has 2 rings (SSSR count). The van der Waals surface area contributed by atoms with Crippen molar-refractivity contribution in [2.45, 2.75) is 58.2 Å². The highest BCUT2D eigenvalue weighted by Gasteiger charge is 2.29. The Morgan fingerprint density at radius 3 is 2.67 bits per heavy atom. The predicted molar refractivity (Wildman–Crippen MR) is 80.4 cm³/mol. The summed E-state index contributed by atoms with van der Waals surface area (Å²) in [6.07, 6.45) is 3.93. The van der Waals surface area contributed by atoms with Crippen LogP contribution in [0.2, 0.25) is 0 Å². The third-order valence-electron chi connectivity index (χ3n) is 4.00. The smallest absolute Gasteiger partial charge is 0.0386 e. The summed E-state index contributed by atoms with van der Waals surface area (Å²) in [5.41, 5.74) is 0. The first-order valence-corrected chi connectivity index (χ1v) is 7.97. The highest BCUT2D eigenvalue weighted by atomic mass is 32.1. The van der Waals surface area contributed by atoms with Crippen molar-refractivity contribution in [3.8, 4) is 0 Å². The molecule has 2 nitrogen and oxygen atoms in total. The highest BCUT2D eigenvalue weighted by Crippen LogP contribution is 2.27. The molecule has 1 aliphatic rings. The average Bonchev–Trinajstić information content (AvgIpc) is 3.12. The molecule has 102 valence electrons. The predicted octanol–water partition coefficient (Wildman–Crippen LogP) is 3.44. The molecule has 0 aromatic carbocycles. The summed E-state index contributed by atoms with van der Waals surface area (Å²) < 4.78 is 0. The van der Waals surface area contributed by atoms with Crippen LogP contribution in [0.3, 0.4) is 0 Å². The summed E-state index contributed by atoms with van der Waals surface area (Å²) in [4.78, 5) is 5.47. The molecule has 0 amide bonds. The van der Waals surface area contributed by atoms with E-state index in [0.717, 1.165) is 19.0 Å². The standard InChI is InChI=1S/C15H26N2S/c1-5-14-8-9-15(18-14)12(3)16-10-11(2)17(4)13-6-7-13/h8-9,11-13,16H,5-7,10H2,1-4H3. The molecule has 1 aliphatic carbocycles. The normalized spacial score (nSPS) is 19.2. The molecule has 2 unspecified atom stereocenters. The van der Waals surface area contributed by atoms with Crippen LogP contribution >= 0.6 is 11.3 Å². The number of nitrogens with one attached hydrogen (secondary N) is 1. The fourth-order valence-electron chi connectivity index (χ4n) is 2.25. The SMILES string of the molecule is CCc1ccc(C(C)NCC(C)N(C)C2CC2)s1. The van der Waals surface area contributed by atoms with Crippen LogP contribution in [0.5, 0.6) is 0 Å². The molecular formula is C15H26N2S. The first kappa shape index (κ1) is 14.0. The number of rotatable bonds is 7. The monoisotopic (exact) mass is 266 g/mol. The topological polar surface area (TPSA) is 15.3 Å². The molecule has 0 saturated heterocycles. The van der Waals surface area contributed by atoms with Gasteiger partial charge in [0.05, 0.1) is 0 Å². The van der Waals surface area contributed by atoms with Crippen LogP contribution in [0, 0.1) is 0 Å². The largest absolute Gasteiger partial charge is 0.308 e. The van der Waals surface area contributed by atoms with Crippen molar-refractivity contribution >= 4 is 11.3 Å². The summed E-state index contributed by atoms with van der Waals surface area (Å²) in [5, 5.41) is 3.67. The number of aryl methyl sites for hydroxylation is 1. The Morgan fingerprint density at radius 2 is 2.11 bits per heavy atom. The minimum atomic E-state index is 0.477. The van der Waals surface area contributed by atoms with Crippen molar-refractivity contribution in [1.29, 1.82) is 0 Å². The summed E-state index contributed by atoms with van der Waals surface area (Å²) >= 11 is 1.94. The molecule has 0 spiro atoms. The van der Waals surface area contributed by atoms with E-state index in [-0.39, 0.29) is 0 Å². The molecule has 1 fully saturated rings. The maximum atomic E-state index is 3.67. The maximum absolute atomic E-state index is 3.67. The lowest BCUT2D eigenvalue weighted by Gasteiger charge is -2.26. The summed E-state index contributed by atoms with van der Waals surface area (Å²) in [5.74, 6) is 0. The summed E-state index contributed by atoms with van der Waals surface area (Å²) in [7, 11) is 2.26. The Bertz CT molecular complexity index is 370. The number of nitrogens with zero attached hydrogens (tertiary/aromatic N) is 1. The van der Waals surface area contributed by atoms with Gasteiger partial charge < -0.3 is 5.32 Å². The van der Waals surface area contributed by atoms with E-state index in [2.05, 4.69) is 50.2 Å². The first-order valence-electron chi connectivity index (χ1n) is 7.15. The quantitative estimate of drug-likeness (QED) is 0.813. The van der Waals surface area contributed by atoms with Gasteiger partial charge in [-0.25, -0.2) is 0 Å². The minimum absolute atomic E-state index is 0.477. The molecule has 0 aliphatic heterocycles. The molecule has 1 aromatic heterocycles. The molecule has 2 atom stereocenters. The molecule has 3 heteroatoms. The van der Waals surface area contributed by atoms with Crippen LogP contribution in [-0.4, -0.2) is 30.6 Å². The Balaban J connectivity index is 1.78. The van der Waals surface area contributed by atoms with Gasteiger partial charge in [-0.15, -0.1) is 11.3 Å². The van der Waals surface area contributed by atoms with Crippen LogP contribution in [0.15, 0.2) is 12.1 Å². The molecule has 18 heavy (non-hydrogen) atoms.